The average molecular weight is 398 g/mol. The van der Waals surface area contributed by atoms with E-state index < -0.39 is 0 Å². The van der Waals surface area contributed by atoms with E-state index in [0.717, 1.165) is 11.4 Å². The van der Waals surface area contributed by atoms with Gasteiger partial charge < -0.3 is 15.0 Å². The summed E-state index contributed by atoms with van der Waals surface area (Å²) in [6.07, 6.45) is 1.24. The number of ether oxygens (including phenoxy) is 1. The Kier molecular flexibility index (Phi) is 6.31. The van der Waals surface area contributed by atoms with Crippen LogP contribution in [0.3, 0.4) is 0 Å². The van der Waals surface area contributed by atoms with Crippen LogP contribution in [0.25, 0.3) is 5.69 Å². The summed E-state index contributed by atoms with van der Waals surface area (Å²) >= 11 is 0. The average Bonchev–Trinajstić information content (AvgIpc) is 3.07. The van der Waals surface area contributed by atoms with Crippen LogP contribution >= 0.6 is 0 Å². The van der Waals surface area contributed by atoms with Crippen molar-refractivity contribution >= 4 is 23.6 Å². The van der Waals surface area contributed by atoms with E-state index in [0.29, 0.717) is 43.9 Å². The van der Waals surface area contributed by atoms with E-state index in [9.17, 15) is 14.4 Å². The Morgan fingerprint density at radius 3 is 2.41 bits per heavy atom. The SMILES string of the molecule is CCOC(=O)C1CCN(C(=O)c2ccc(-n3nc(C)cc3NC(C)=O)cc2)CC1. The number of carbonyl (C=O) groups is 3. The Labute approximate surface area is 169 Å². The number of aryl methyl sites for hydroxylation is 1. The highest BCUT2D eigenvalue weighted by atomic mass is 16.5. The van der Waals surface area contributed by atoms with Gasteiger partial charge >= 0.3 is 5.97 Å². The summed E-state index contributed by atoms with van der Waals surface area (Å²) in [5.74, 6) is 0.0435. The molecule has 154 valence electrons. The molecule has 0 unspecified atom stereocenters. The number of benzene rings is 1. The molecule has 1 fully saturated rings. The van der Waals surface area contributed by atoms with Crippen molar-refractivity contribution < 1.29 is 19.1 Å². The minimum absolute atomic E-state index is 0.0578. The van der Waals surface area contributed by atoms with E-state index >= 15 is 0 Å². The van der Waals surface area contributed by atoms with Gasteiger partial charge in [0.25, 0.3) is 5.91 Å². The molecular formula is C21H26N4O4. The van der Waals surface area contributed by atoms with Crippen molar-refractivity contribution in [3.05, 3.63) is 41.6 Å². The second kappa shape index (κ2) is 8.89. The molecule has 0 bridgehead atoms. The highest BCUT2D eigenvalue weighted by Gasteiger charge is 2.28. The van der Waals surface area contributed by atoms with Crippen molar-refractivity contribution in [2.45, 2.75) is 33.6 Å². The van der Waals surface area contributed by atoms with Gasteiger partial charge in [0.05, 0.1) is 23.9 Å². The van der Waals surface area contributed by atoms with Gasteiger partial charge in [-0.2, -0.15) is 5.10 Å². The zero-order valence-electron chi connectivity index (χ0n) is 17.0. The number of rotatable bonds is 5. The molecule has 8 heteroatoms. The molecule has 1 aliphatic rings. The Balaban J connectivity index is 1.67. The number of carbonyl (C=O) groups excluding carboxylic acids is 3. The van der Waals surface area contributed by atoms with Crippen molar-refractivity contribution in [3.8, 4) is 5.69 Å². The third-order valence-electron chi connectivity index (χ3n) is 4.90. The third kappa shape index (κ3) is 4.82. The van der Waals surface area contributed by atoms with Gasteiger partial charge in [0, 0.05) is 31.6 Å². The number of anilines is 1. The van der Waals surface area contributed by atoms with E-state index in [1.165, 1.54) is 6.92 Å². The fourth-order valence-electron chi connectivity index (χ4n) is 3.47. The summed E-state index contributed by atoms with van der Waals surface area (Å²) in [7, 11) is 0. The highest BCUT2D eigenvalue weighted by molar-refractivity contribution is 5.94. The van der Waals surface area contributed by atoms with Gasteiger partial charge in [-0.05, 0) is 51.0 Å². The lowest BCUT2D eigenvalue weighted by Crippen LogP contribution is -2.40. The van der Waals surface area contributed by atoms with Crippen LogP contribution in [-0.2, 0) is 14.3 Å². The normalized spacial score (nSPS) is 14.5. The first-order chi connectivity index (χ1) is 13.9. The van der Waals surface area contributed by atoms with Crippen molar-refractivity contribution in [2.75, 3.05) is 25.0 Å². The van der Waals surface area contributed by atoms with Crippen molar-refractivity contribution in [1.29, 1.82) is 0 Å². The van der Waals surface area contributed by atoms with Crippen LogP contribution in [0.4, 0.5) is 5.82 Å². The van der Waals surface area contributed by atoms with Crippen LogP contribution in [0.1, 0.15) is 42.7 Å². The molecular weight excluding hydrogens is 372 g/mol. The smallest absolute Gasteiger partial charge is 0.309 e. The van der Waals surface area contributed by atoms with Gasteiger partial charge in [-0.1, -0.05) is 0 Å². The van der Waals surface area contributed by atoms with Gasteiger partial charge in [-0.15, -0.1) is 0 Å². The Morgan fingerprint density at radius 2 is 1.83 bits per heavy atom. The first-order valence-electron chi connectivity index (χ1n) is 9.79. The third-order valence-corrected chi connectivity index (χ3v) is 4.90. The van der Waals surface area contributed by atoms with Gasteiger partial charge in [0.2, 0.25) is 5.91 Å². The molecule has 0 radical (unpaired) electrons. The molecule has 0 spiro atoms. The van der Waals surface area contributed by atoms with Crippen molar-refractivity contribution in [3.63, 3.8) is 0 Å². The van der Waals surface area contributed by atoms with Crippen LogP contribution < -0.4 is 5.32 Å². The topological polar surface area (TPSA) is 93.5 Å². The lowest BCUT2D eigenvalue weighted by molar-refractivity contribution is -0.149. The molecule has 0 atom stereocenters. The molecule has 3 rings (SSSR count). The Hall–Kier alpha value is -3.16. The molecule has 1 aromatic heterocycles. The summed E-state index contributed by atoms with van der Waals surface area (Å²) in [5.41, 5.74) is 2.10. The molecule has 2 heterocycles. The zero-order chi connectivity index (χ0) is 21.0. The summed E-state index contributed by atoms with van der Waals surface area (Å²) in [6, 6.07) is 8.90. The molecule has 29 heavy (non-hydrogen) atoms. The Morgan fingerprint density at radius 1 is 1.17 bits per heavy atom. The minimum atomic E-state index is -0.177. The quantitative estimate of drug-likeness (QED) is 0.782. The van der Waals surface area contributed by atoms with Crippen LogP contribution in [0.15, 0.2) is 30.3 Å². The summed E-state index contributed by atoms with van der Waals surface area (Å²) < 4.78 is 6.71. The predicted molar refractivity (Wildman–Crippen MR) is 108 cm³/mol. The second-order valence-corrected chi connectivity index (χ2v) is 7.13. The molecule has 0 aliphatic carbocycles. The lowest BCUT2D eigenvalue weighted by Gasteiger charge is -2.31. The molecule has 2 aromatic rings. The first kappa shape index (κ1) is 20.6. The van der Waals surface area contributed by atoms with Gasteiger partial charge in [-0.25, -0.2) is 4.68 Å². The van der Waals surface area contributed by atoms with Crippen LogP contribution in [0, 0.1) is 12.8 Å². The molecule has 8 nitrogen and oxygen atoms in total. The van der Waals surface area contributed by atoms with E-state index in [1.54, 1.807) is 46.8 Å². The van der Waals surface area contributed by atoms with E-state index in [4.69, 9.17) is 4.74 Å². The van der Waals surface area contributed by atoms with Crippen LogP contribution in [0.5, 0.6) is 0 Å². The van der Waals surface area contributed by atoms with Crippen LogP contribution in [-0.4, -0.2) is 52.2 Å². The van der Waals surface area contributed by atoms with Crippen molar-refractivity contribution in [2.24, 2.45) is 5.92 Å². The number of likely N-dealkylation sites (tertiary alicyclic amines) is 1. The van der Waals surface area contributed by atoms with Gasteiger partial charge in [0.1, 0.15) is 5.82 Å². The van der Waals surface area contributed by atoms with E-state index in [2.05, 4.69) is 10.4 Å². The molecule has 1 saturated heterocycles. The number of esters is 1. The van der Waals surface area contributed by atoms with Gasteiger partial charge in [-0.3, -0.25) is 14.4 Å². The fourth-order valence-corrected chi connectivity index (χ4v) is 3.47. The summed E-state index contributed by atoms with van der Waals surface area (Å²) in [4.78, 5) is 37.8. The Bertz CT molecular complexity index is 896. The second-order valence-electron chi connectivity index (χ2n) is 7.13. The highest BCUT2D eigenvalue weighted by Crippen LogP contribution is 2.22. The molecule has 2 amide bonds. The number of nitrogens with one attached hydrogen (secondary N) is 1. The fraction of sp³-hybridized carbons (Fsp3) is 0.429. The number of piperidine rings is 1. The number of amides is 2. The maximum Gasteiger partial charge on any atom is 0.309 e. The molecule has 1 aliphatic heterocycles. The minimum Gasteiger partial charge on any atom is -0.466 e. The standard InChI is InChI=1S/C21H26N4O4/c1-4-29-21(28)17-9-11-24(12-10-17)20(27)16-5-7-18(8-6-16)25-19(22-15(3)26)13-14(2)23-25/h5-8,13,17H,4,9-12H2,1-3H3,(H,22,26). The monoisotopic (exact) mass is 398 g/mol. The molecule has 1 N–H and O–H groups in total. The van der Waals surface area contributed by atoms with E-state index in [1.807, 2.05) is 6.92 Å². The predicted octanol–water partition coefficient (Wildman–Crippen LogP) is 2.55. The number of hydrogen-bond acceptors (Lipinski definition) is 5. The van der Waals surface area contributed by atoms with Crippen LogP contribution in [0.2, 0.25) is 0 Å². The summed E-state index contributed by atoms with van der Waals surface area (Å²) in [5, 5.41) is 7.15. The maximum atomic E-state index is 12.8. The largest absolute Gasteiger partial charge is 0.466 e. The number of aromatic nitrogens is 2. The van der Waals surface area contributed by atoms with Crippen molar-refractivity contribution in [1.82, 2.24) is 14.7 Å². The molecule has 0 saturated carbocycles. The number of hydrogen-bond donors (Lipinski definition) is 1. The van der Waals surface area contributed by atoms with E-state index in [-0.39, 0.29) is 23.7 Å². The number of nitrogens with zero attached hydrogens (tertiary/aromatic N) is 3. The molecule has 1 aromatic carbocycles. The lowest BCUT2D eigenvalue weighted by atomic mass is 9.96. The van der Waals surface area contributed by atoms with Gasteiger partial charge in [0.15, 0.2) is 0 Å². The first-order valence-corrected chi connectivity index (χ1v) is 9.79. The summed E-state index contributed by atoms with van der Waals surface area (Å²) in [6.45, 7) is 6.54. The zero-order valence-corrected chi connectivity index (χ0v) is 17.0. The maximum absolute atomic E-state index is 12.8.